The molecule has 1 N–H and O–H groups in total. The van der Waals surface area contributed by atoms with Crippen LogP contribution in [0.3, 0.4) is 0 Å². The van der Waals surface area contributed by atoms with Gasteiger partial charge in [-0.1, -0.05) is 23.7 Å². The molecule has 7 nitrogen and oxygen atoms in total. The average Bonchev–Trinajstić information content (AvgIpc) is 3.07. The molecular weight excluding hydrogens is 430 g/mol. The summed E-state index contributed by atoms with van der Waals surface area (Å²) in [4.78, 5) is 44.3. The van der Waals surface area contributed by atoms with Gasteiger partial charge in [0.05, 0.1) is 35.0 Å². The van der Waals surface area contributed by atoms with Gasteiger partial charge in [0.25, 0.3) is 11.8 Å². The molecule has 8 heteroatoms. The SMILES string of the molecule is CCN(CCO)C(=O)C1CCCN(c2cccc3c2C(=O)N(c2cccc(Cl)c2)C3=O)C1. The van der Waals surface area contributed by atoms with Crippen molar-refractivity contribution in [1.29, 1.82) is 0 Å². The number of anilines is 2. The lowest BCUT2D eigenvalue weighted by molar-refractivity contribution is -0.136. The fourth-order valence-corrected chi connectivity index (χ4v) is 4.77. The third-order valence-corrected chi connectivity index (χ3v) is 6.37. The molecule has 4 rings (SSSR count). The molecule has 2 aliphatic heterocycles. The van der Waals surface area contributed by atoms with Crippen molar-refractivity contribution in [2.24, 2.45) is 5.92 Å². The quantitative estimate of drug-likeness (QED) is 0.676. The Labute approximate surface area is 192 Å². The van der Waals surface area contributed by atoms with E-state index < -0.39 is 0 Å². The molecule has 168 valence electrons. The number of carbonyl (C=O) groups excluding carboxylic acids is 3. The van der Waals surface area contributed by atoms with E-state index in [1.807, 2.05) is 17.9 Å². The van der Waals surface area contributed by atoms with Gasteiger partial charge in [-0.3, -0.25) is 14.4 Å². The molecular formula is C24H26ClN3O4. The first-order chi connectivity index (χ1) is 15.5. The Morgan fingerprint density at radius 2 is 1.97 bits per heavy atom. The molecule has 2 aliphatic rings. The highest BCUT2D eigenvalue weighted by molar-refractivity contribution is 6.37. The minimum absolute atomic E-state index is 0.0155. The molecule has 3 amide bonds. The second-order valence-corrected chi connectivity index (χ2v) is 8.49. The van der Waals surface area contributed by atoms with Crippen molar-refractivity contribution in [3.8, 4) is 0 Å². The number of hydrogen-bond donors (Lipinski definition) is 1. The Kier molecular flexibility index (Phi) is 6.48. The van der Waals surface area contributed by atoms with Crippen molar-refractivity contribution in [2.75, 3.05) is 42.6 Å². The summed E-state index contributed by atoms with van der Waals surface area (Å²) in [5.41, 5.74) is 1.83. The number of rotatable bonds is 6. The molecule has 1 saturated heterocycles. The van der Waals surface area contributed by atoms with Crippen LogP contribution in [-0.4, -0.2) is 60.5 Å². The molecule has 2 heterocycles. The molecule has 0 aliphatic carbocycles. The maximum atomic E-state index is 13.4. The van der Waals surface area contributed by atoms with Crippen LogP contribution in [0.4, 0.5) is 11.4 Å². The van der Waals surface area contributed by atoms with E-state index in [0.29, 0.717) is 53.7 Å². The van der Waals surface area contributed by atoms with Crippen LogP contribution < -0.4 is 9.80 Å². The number of benzene rings is 2. The predicted octanol–water partition coefficient (Wildman–Crippen LogP) is 3.20. The van der Waals surface area contributed by atoms with Gasteiger partial charge in [0.1, 0.15) is 0 Å². The number of aliphatic hydroxyl groups is 1. The predicted molar refractivity (Wildman–Crippen MR) is 123 cm³/mol. The highest BCUT2D eigenvalue weighted by atomic mass is 35.5. The van der Waals surface area contributed by atoms with Gasteiger partial charge in [-0.15, -0.1) is 0 Å². The average molecular weight is 456 g/mol. The van der Waals surface area contributed by atoms with Gasteiger partial charge >= 0.3 is 0 Å². The number of fused-ring (bicyclic) bond motifs is 1. The van der Waals surface area contributed by atoms with E-state index in [1.54, 1.807) is 41.3 Å². The van der Waals surface area contributed by atoms with Crippen LogP contribution in [0.5, 0.6) is 0 Å². The lowest BCUT2D eigenvalue weighted by Crippen LogP contribution is -2.46. The van der Waals surface area contributed by atoms with Gasteiger partial charge in [0.15, 0.2) is 0 Å². The normalized spacial score (nSPS) is 18.2. The van der Waals surface area contributed by atoms with Crippen molar-refractivity contribution in [3.05, 3.63) is 58.6 Å². The zero-order valence-electron chi connectivity index (χ0n) is 18.0. The summed E-state index contributed by atoms with van der Waals surface area (Å²) in [5, 5.41) is 9.70. The van der Waals surface area contributed by atoms with Crippen molar-refractivity contribution < 1.29 is 19.5 Å². The molecule has 0 spiro atoms. The number of aliphatic hydroxyl groups excluding tert-OH is 1. The first-order valence-electron chi connectivity index (χ1n) is 10.9. The van der Waals surface area contributed by atoms with Crippen LogP contribution in [0, 0.1) is 5.92 Å². The Balaban J connectivity index is 1.63. The lowest BCUT2D eigenvalue weighted by atomic mass is 9.94. The number of piperidine rings is 1. The number of carbonyl (C=O) groups is 3. The van der Waals surface area contributed by atoms with Gasteiger partial charge in [-0.25, -0.2) is 4.90 Å². The molecule has 2 aromatic carbocycles. The third-order valence-electron chi connectivity index (χ3n) is 6.13. The highest BCUT2D eigenvalue weighted by Gasteiger charge is 2.40. The second-order valence-electron chi connectivity index (χ2n) is 8.05. The molecule has 0 saturated carbocycles. The lowest BCUT2D eigenvalue weighted by Gasteiger charge is -2.36. The largest absolute Gasteiger partial charge is 0.395 e. The van der Waals surface area contributed by atoms with E-state index in [-0.39, 0.29) is 30.2 Å². The molecule has 1 unspecified atom stereocenters. The van der Waals surface area contributed by atoms with Crippen LogP contribution in [-0.2, 0) is 4.79 Å². The molecule has 1 fully saturated rings. The molecule has 0 bridgehead atoms. The number of hydrogen-bond acceptors (Lipinski definition) is 5. The fraction of sp³-hybridized carbons (Fsp3) is 0.375. The van der Waals surface area contributed by atoms with E-state index in [9.17, 15) is 19.5 Å². The van der Waals surface area contributed by atoms with Crippen molar-refractivity contribution in [2.45, 2.75) is 19.8 Å². The van der Waals surface area contributed by atoms with Crippen LogP contribution in [0.25, 0.3) is 0 Å². The monoisotopic (exact) mass is 455 g/mol. The summed E-state index contributed by atoms with van der Waals surface area (Å²) in [6, 6.07) is 11.9. The maximum absolute atomic E-state index is 13.4. The highest BCUT2D eigenvalue weighted by Crippen LogP contribution is 2.36. The van der Waals surface area contributed by atoms with E-state index in [1.165, 1.54) is 0 Å². The fourth-order valence-electron chi connectivity index (χ4n) is 4.58. The van der Waals surface area contributed by atoms with E-state index in [2.05, 4.69) is 0 Å². The number of amides is 3. The number of likely N-dealkylation sites (N-methyl/N-ethyl adjacent to an activating group) is 1. The standard InChI is InChI=1S/C24H26ClN3O4/c1-2-26(12-13-29)22(30)16-6-5-11-27(15-16)20-10-4-9-19-21(20)24(32)28(23(19)31)18-8-3-7-17(25)14-18/h3-4,7-10,14,16,29H,2,5-6,11-13,15H2,1H3. The van der Waals surface area contributed by atoms with Gasteiger partial charge in [-0.05, 0) is 50.1 Å². The Hall–Kier alpha value is -2.90. The van der Waals surface area contributed by atoms with E-state index >= 15 is 0 Å². The molecule has 0 radical (unpaired) electrons. The minimum Gasteiger partial charge on any atom is -0.395 e. The van der Waals surface area contributed by atoms with Gasteiger partial charge in [0.2, 0.25) is 5.91 Å². The zero-order valence-corrected chi connectivity index (χ0v) is 18.7. The van der Waals surface area contributed by atoms with Crippen molar-refractivity contribution in [1.82, 2.24) is 4.90 Å². The second kappa shape index (κ2) is 9.30. The first kappa shape index (κ1) is 22.3. The Bertz CT molecular complexity index is 1060. The van der Waals surface area contributed by atoms with Crippen LogP contribution in [0.1, 0.15) is 40.5 Å². The topological polar surface area (TPSA) is 81.2 Å². The van der Waals surface area contributed by atoms with E-state index in [4.69, 9.17) is 11.6 Å². The van der Waals surface area contributed by atoms with Gasteiger partial charge in [-0.2, -0.15) is 0 Å². The maximum Gasteiger partial charge on any atom is 0.268 e. The number of nitrogens with zero attached hydrogens (tertiary/aromatic N) is 3. The first-order valence-corrected chi connectivity index (χ1v) is 11.3. The molecule has 1 atom stereocenters. The summed E-state index contributed by atoms with van der Waals surface area (Å²) >= 11 is 6.08. The van der Waals surface area contributed by atoms with Crippen LogP contribution >= 0.6 is 11.6 Å². The summed E-state index contributed by atoms with van der Waals surface area (Å²) < 4.78 is 0. The summed E-state index contributed by atoms with van der Waals surface area (Å²) in [7, 11) is 0. The Morgan fingerprint density at radius 1 is 1.19 bits per heavy atom. The summed E-state index contributed by atoms with van der Waals surface area (Å²) in [6.07, 6.45) is 1.56. The van der Waals surface area contributed by atoms with Gasteiger partial charge < -0.3 is 14.9 Å². The summed E-state index contributed by atoms with van der Waals surface area (Å²) in [5.74, 6) is -0.963. The molecule has 0 aromatic heterocycles. The van der Waals surface area contributed by atoms with Crippen LogP contribution in [0.15, 0.2) is 42.5 Å². The summed E-state index contributed by atoms with van der Waals surface area (Å²) in [6.45, 7) is 3.85. The third kappa shape index (κ3) is 3.98. The smallest absolute Gasteiger partial charge is 0.268 e. The van der Waals surface area contributed by atoms with Gasteiger partial charge in [0, 0.05) is 31.2 Å². The molecule has 32 heavy (non-hydrogen) atoms. The van der Waals surface area contributed by atoms with Crippen LogP contribution in [0.2, 0.25) is 5.02 Å². The molecule has 2 aromatic rings. The number of imide groups is 1. The zero-order chi connectivity index (χ0) is 22.8. The Morgan fingerprint density at radius 3 is 2.69 bits per heavy atom. The van der Waals surface area contributed by atoms with E-state index in [0.717, 1.165) is 17.7 Å². The minimum atomic E-state index is -0.383. The van der Waals surface area contributed by atoms with Crippen molar-refractivity contribution in [3.63, 3.8) is 0 Å². The van der Waals surface area contributed by atoms with Crippen molar-refractivity contribution >= 4 is 40.7 Å². The number of halogens is 1.